The van der Waals surface area contributed by atoms with E-state index in [0.29, 0.717) is 0 Å². The van der Waals surface area contributed by atoms with E-state index in [1.54, 1.807) is 25.4 Å². The lowest BCUT2D eigenvalue weighted by Crippen LogP contribution is -2.46. The Morgan fingerprint density at radius 2 is 2.09 bits per heavy atom. The summed E-state index contributed by atoms with van der Waals surface area (Å²) in [6.45, 7) is 6.30. The summed E-state index contributed by atoms with van der Waals surface area (Å²) in [7, 11) is 1.67. The van der Waals surface area contributed by atoms with Crippen LogP contribution in [-0.2, 0) is 6.54 Å². The van der Waals surface area contributed by atoms with E-state index in [2.05, 4.69) is 14.8 Å². The highest BCUT2D eigenvalue weighted by atomic mass is 32.1. The van der Waals surface area contributed by atoms with Crippen LogP contribution in [0.25, 0.3) is 0 Å². The normalized spacial score (nSPS) is 15.7. The van der Waals surface area contributed by atoms with Crippen LogP contribution in [0.3, 0.4) is 0 Å². The van der Waals surface area contributed by atoms with Crippen molar-refractivity contribution in [3.05, 3.63) is 40.9 Å². The number of rotatable bonds is 5. The zero-order valence-corrected chi connectivity index (χ0v) is 14.3. The standard InChI is InChI=1S/C17H21N3O2S/c1-13(21)14-3-4-16(22-2)15(11-14)12-19-6-8-20(9-7-19)17-18-5-10-23-17/h3-5,10-11H,6-9,12H2,1-2H3. The molecule has 1 aliphatic rings. The van der Waals surface area contributed by atoms with Gasteiger partial charge in [0, 0.05) is 55.4 Å². The van der Waals surface area contributed by atoms with Crippen LogP contribution in [0.1, 0.15) is 22.8 Å². The van der Waals surface area contributed by atoms with E-state index in [4.69, 9.17) is 4.74 Å². The zero-order chi connectivity index (χ0) is 16.2. The summed E-state index contributed by atoms with van der Waals surface area (Å²) in [5, 5.41) is 3.11. The fourth-order valence-electron chi connectivity index (χ4n) is 2.83. The lowest BCUT2D eigenvalue weighted by Gasteiger charge is -2.34. The number of carbonyl (C=O) groups excluding carboxylic acids is 1. The van der Waals surface area contributed by atoms with Gasteiger partial charge in [-0.05, 0) is 25.1 Å². The third-order valence-electron chi connectivity index (χ3n) is 4.14. The Hall–Kier alpha value is -1.92. The average Bonchev–Trinajstić information content (AvgIpc) is 3.10. The van der Waals surface area contributed by atoms with E-state index in [1.807, 2.05) is 29.8 Å². The van der Waals surface area contributed by atoms with Crippen LogP contribution in [0.2, 0.25) is 0 Å². The molecule has 3 rings (SSSR count). The molecular weight excluding hydrogens is 310 g/mol. The second-order valence-electron chi connectivity index (χ2n) is 5.66. The second-order valence-corrected chi connectivity index (χ2v) is 6.53. The van der Waals surface area contributed by atoms with Gasteiger partial charge in [-0.2, -0.15) is 0 Å². The van der Waals surface area contributed by atoms with Crippen LogP contribution in [-0.4, -0.2) is 49.0 Å². The van der Waals surface area contributed by atoms with Crippen molar-refractivity contribution in [3.63, 3.8) is 0 Å². The number of ketones is 1. The molecule has 2 aromatic rings. The van der Waals surface area contributed by atoms with Crippen LogP contribution < -0.4 is 9.64 Å². The maximum atomic E-state index is 11.6. The van der Waals surface area contributed by atoms with Gasteiger partial charge in [0.25, 0.3) is 0 Å². The number of hydrogen-bond donors (Lipinski definition) is 0. The molecule has 0 radical (unpaired) electrons. The Balaban J connectivity index is 1.66. The third-order valence-corrected chi connectivity index (χ3v) is 4.98. The number of nitrogens with zero attached hydrogens (tertiary/aromatic N) is 3. The second kappa shape index (κ2) is 7.10. The topological polar surface area (TPSA) is 45.7 Å². The minimum Gasteiger partial charge on any atom is -0.496 e. The first-order valence-corrected chi connectivity index (χ1v) is 8.60. The fourth-order valence-corrected chi connectivity index (χ4v) is 3.53. The number of methoxy groups -OCH3 is 1. The maximum Gasteiger partial charge on any atom is 0.185 e. The first-order valence-electron chi connectivity index (χ1n) is 7.72. The largest absolute Gasteiger partial charge is 0.496 e. The summed E-state index contributed by atoms with van der Waals surface area (Å²) < 4.78 is 5.44. The van der Waals surface area contributed by atoms with Gasteiger partial charge in [-0.3, -0.25) is 9.69 Å². The predicted octanol–water partition coefficient (Wildman–Crippen LogP) is 2.68. The number of Topliss-reactive ketones (excluding diaryl/α,β-unsaturated/α-hetero) is 1. The summed E-state index contributed by atoms with van der Waals surface area (Å²) in [5.74, 6) is 0.930. The van der Waals surface area contributed by atoms with Crippen LogP contribution in [0, 0.1) is 0 Å². The van der Waals surface area contributed by atoms with Gasteiger partial charge in [0.15, 0.2) is 10.9 Å². The molecular formula is C17H21N3O2S. The van der Waals surface area contributed by atoms with Crippen molar-refractivity contribution < 1.29 is 9.53 Å². The summed E-state index contributed by atoms with van der Waals surface area (Å²) in [6.07, 6.45) is 1.85. The van der Waals surface area contributed by atoms with Gasteiger partial charge in [-0.15, -0.1) is 11.3 Å². The number of thiazole rings is 1. The van der Waals surface area contributed by atoms with Crippen molar-refractivity contribution in [2.45, 2.75) is 13.5 Å². The van der Waals surface area contributed by atoms with E-state index in [0.717, 1.165) is 54.7 Å². The van der Waals surface area contributed by atoms with E-state index in [9.17, 15) is 4.79 Å². The molecule has 2 heterocycles. The fraction of sp³-hybridized carbons (Fsp3) is 0.412. The predicted molar refractivity (Wildman–Crippen MR) is 92.6 cm³/mol. The molecule has 5 nitrogen and oxygen atoms in total. The molecule has 0 aliphatic carbocycles. The minimum atomic E-state index is 0.0856. The monoisotopic (exact) mass is 331 g/mol. The Morgan fingerprint density at radius 3 is 2.70 bits per heavy atom. The van der Waals surface area contributed by atoms with Crippen LogP contribution in [0.4, 0.5) is 5.13 Å². The molecule has 0 saturated carbocycles. The number of aromatic nitrogens is 1. The molecule has 0 bridgehead atoms. The lowest BCUT2D eigenvalue weighted by atomic mass is 10.1. The van der Waals surface area contributed by atoms with E-state index in [1.165, 1.54) is 0 Å². The van der Waals surface area contributed by atoms with Crippen molar-refractivity contribution in [2.24, 2.45) is 0 Å². The number of ether oxygens (including phenoxy) is 1. The molecule has 1 fully saturated rings. The maximum absolute atomic E-state index is 11.6. The Kier molecular flexibility index (Phi) is 4.93. The van der Waals surface area contributed by atoms with E-state index in [-0.39, 0.29) is 5.78 Å². The SMILES string of the molecule is COc1ccc(C(C)=O)cc1CN1CCN(c2nccs2)CC1. The van der Waals surface area contributed by atoms with Crippen molar-refractivity contribution in [3.8, 4) is 5.75 Å². The highest BCUT2D eigenvalue weighted by molar-refractivity contribution is 7.13. The molecule has 1 aromatic heterocycles. The van der Waals surface area contributed by atoms with Crippen molar-refractivity contribution in [1.82, 2.24) is 9.88 Å². The average molecular weight is 331 g/mol. The molecule has 1 aliphatic heterocycles. The molecule has 0 amide bonds. The van der Waals surface area contributed by atoms with Gasteiger partial charge >= 0.3 is 0 Å². The molecule has 23 heavy (non-hydrogen) atoms. The van der Waals surface area contributed by atoms with E-state index < -0.39 is 0 Å². The van der Waals surface area contributed by atoms with Gasteiger partial charge in [0.05, 0.1) is 7.11 Å². The quantitative estimate of drug-likeness (QED) is 0.788. The smallest absolute Gasteiger partial charge is 0.185 e. The van der Waals surface area contributed by atoms with E-state index >= 15 is 0 Å². The Labute approximate surface area is 140 Å². The molecule has 0 spiro atoms. The Bertz CT molecular complexity index is 664. The minimum absolute atomic E-state index is 0.0856. The number of hydrogen-bond acceptors (Lipinski definition) is 6. The number of carbonyl (C=O) groups is 1. The van der Waals surface area contributed by atoms with Crippen molar-refractivity contribution >= 4 is 22.3 Å². The summed E-state index contributed by atoms with van der Waals surface area (Å²) in [5.41, 5.74) is 1.81. The van der Waals surface area contributed by atoms with Crippen LogP contribution in [0.15, 0.2) is 29.8 Å². The lowest BCUT2D eigenvalue weighted by molar-refractivity contribution is 0.101. The van der Waals surface area contributed by atoms with Gasteiger partial charge < -0.3 is 9.64 Å². The van der Waals surface area contributed by atoms with Gasteiger partial charge in [-0.1, -0.05) is 0 Å². The van der Waals surface area contributed by atoms with Crippen LogP contribution >= 0.6 is 11.3 Å². The first kappa shape index (κ1) is 16.0. The highest BCUT2D eigenvalue weighted by Crippen LogP contribution is 2.24. The molecule has 0 unspecified atom stereocenters. The van der Waals surface area contributed by atoms with Crippen molar-refractivity contribution in [2.75, 3.05) is 38.2 Å². The molecule has 0 atom stereocenters. The van der Waals surface area contributed by atoms with Gasteiger partial charge in [0.2, 0.25) is 0 Å². The van der Waals surface area contributed by atoms with Gasteiger partial charge in [-0.25, -0.2) is 4.98 Å². The number of piperazine rings is 1. The van der Waals surface area contributed by atoms with Gasteiger partial charge in [0.1, 0.15) is 5.75 Å². The van der Waals surface area contributed by atoms with Crippen molar-refractivity contribution in [1.29, 1.82) is 0 Å². The number of anilines is 1. The molecule has 122 valence electrons. The third kappa shape index (κ3) is 3.71. The highest BCUT2D eigenvalue weighted by Gasteiger charge is 2.20. The number of benzene rings is 1. The molecule has 6 heteroatoms. The summed E-state index contributed by atoms with van der Waals surface area (Å²) in [4.78, 5) is 20.7. The molecule has 1 aromatic carbocycles. The summed E-state index contributed by atoms with van der Waals surface area (Å²) >= 11 is 1.68. The Morgan fingerprint density at radius 1 is 1.30 bits per heavy atom. The first-order chi connectivity index (χ1) is 11.2. The molecule has 0 N–H and O–H groups in total. The molecule has 1 saturated heterocycles. The zero-order valence-electron chi connectivity index (χ0n) is 13.5. The van der Waals surface area contributed by atoms with Crippen LogP contribution in [0.5, 0.6) is 5.75 Å². The summed E-state index contributed by atoms with van der Waals surface area (Å²) in [6, 6.07) is 5.66.